The van der Waals surface area contributed by atoms with Gasteiger partial charge in [-0.3, -0.25) is 4.99 Å². The normalized spacial score (nSPS) is 12.8. The molecule has 0 aliphatic carbocycles. The Morgan fingerprint density at radius 2 is 1.67 bits per heavy atom. The number of halogens is 1. The maximum Gasteiger partial charge on any atom is 0.191 e. The SMILES string of the molecule is CCN(CC)CCCC(C)NC(=NC)NCc1ccc(CN(C)C)cc1.I. The Kier molecular flexibility index (Phi) is 14.6. The first-order chi connectivity index (χ1) is 12.5. The Balaban J connectivity index is 0.00000676. The molecule has 1 atom stereocenters. The van der Waals surface area contributed by atoms with Crippen LogP contribution in [-0.2, 0) is 13.1 Å². The van der Waals surface area contributed by atoms with E-state index in [-0.39, 0.29) is 24.0 Å². The first-order valence-electron chi connectivity index (χ1n) is 9.90. The summed E-state index contributed by atoms with van der Waals surface area (Å²) in [5, 5.41) is 6.91. The van der Waals surface area contributed by atoms with Gasteiger partial charge in [0.2, 0.25) is 0 Å². The molecule has 1 unspecified atom stereocenters. The second-order valence-electron chi connectivity index (χ2n) is 7.19. The van der Waals surface area contributed by atoms with Gasteiger partial charge in [0.25, 0.3) is 0 Å². The number of nitrogens with one attached hydrogen (secondary N) is 2. The average Bonchev–Trinajstić information content (AvgIpc) is 2.63. The first-order valence-corrected chi connectivity index (χ1v) is 9.90. The predicted molar refractivity (Wildman–Crippen MR) is 129 cm³/mol. The number of aliphatic imine (C=N–C) groups is 1. The summed E-state index contributed by atoms with van der Waals surface area (Å²) in [4.78, 5) is 9.01. The van der Waals surface area contributed by atoms with E-state index in [0.717, 1.165) is 38.6 Å². The highest BCUT2D eigenvalue weighted by Gasteiger charge is 2.07. The molecular formula is C21H40IN5. The molecule has 5 nitrogen and oxygen atoms in total. The molecular weight excluding hydrogens is 449 g/mol. The molecule has 156 valence electrons. The monoisotopic (exact) mass is 489 g/mol. The van der Waals surface area contributed by atoms with Crippen molar-refractivity contribution in [2.24, 2.45) is 4.99 Å². The smallest absolute Gasteiger partial charge is 0.191 e. The molecule has 1 aromatic rings. The average molecular weight is 489 g/mol. The zero-order valence-electron chi connectivity index (χ0n) is 18.1. The number of hydrogen-bond acceptors (Lipinski definition) is 3. The highest BCUT2D eigenvalue weighted by atomic mass is 127. The van der Waals surface area contributed by atoms with E-state index < -0.39 is 0 Å². The van der Waals surface area contributed by atoms with E-state index in [1.54, 1.807) is 0 Å². The highest BCUT2D eigenvalue weighted by Crippen LogP contribution is 2.06. The standard InChI is InChI=1S/C21H39N5.HI/c1-7-26(8-2)15-9-10-18(3)24-21(22-4)23-16-19-11-13-20(14-12-19)17-25(5)6;/h11-14,18H,7-10,15-17H2,1-6H3,(H2,22,23,24);1H. The Morgan fingerprint density at radius 3 is 2.19 bits per heavy atom. The van der Waals surface area contributed by atoms with Crippen LogP contribution in [0.2, 0.25) is 0 Å². The lowest BCUT2D eigenvalue weighted by Gasteiger charge is -2.21. The van der Waals surface area contributed by atoms with E-state index in [2.05, 4.69) is 84.6 Å². The summed E-state index contributed by atoms with van der Waals surface area (Å²) in [6, 6.07) is 9.19. The van der Waals surface area contributed by atoms with Gasteiger partial charge in [-0.25, -0.2) is 0 Å². The van der Waals surface area contributed by atoms with Gasteiger partial charge in [0.15, 0.2) is 5.96 Å². The molecule has 0 heterocycles. The van der Waals surface area contributed by atoms with Crippen molar-refractivity contribution >= 4 is 29.9 Å². The van der Waals surface area contributed by atoms with Crippen LogP contribution in [0.5, 0.6) is 0 Å². The number of benzene rings is 1. The summed E-state index contributed by atoms with van der Waals surface area (Å²) < 4.78 is 0. The zero-order valence-corrected chi connectivity index (χ0v) is 20.4. The summed E-state index contributed by atoms with van der Waals surface area (Å²) in [6.07, 6.45) is 2.36. The maximum absolute atomic E-state index is 4.35. The molecule has 0 aliphatic rings. The second-order valence-corrected chi connectivity index (χ2v) is 7.19. The van der Waals surface area contributed by atoms with Gasteiger partial charge < -0.3 is 20.4 Å². The topological polar surface area (TPSA) is 42.9 Å². The molecule has 0 amide bonds. The summed E-state index contributed by atoms with van der Waals surface area (Å²) in [6.45, 7) is 11.9. The molecule has 1 aromatic carbocycles. The van der Waals surface area contributed by atoms with Crippen molar-refractivity contribution in [1.29, 1.82) is 0 Å². The minimum atomic E-state index is 0. The van der Waals surface area contributed by atoms with Crippen molar-refractivity contribution in [3.63, 3.8) is 0 Å². The summed E-state index contributed by atoms with van der Waals surface area (Å²) in [5.74, 6) is 0.873. The van der Waals surface area contributed by atoms with Crippen molar-refractivity contribution in [3.05, 3.63) is 35.4 Å². The van der Waals surface area contributed by atoms with Crippen LogP contribution in [0.3, 0.4) is 0 Å². The van der Waals surface area contributed by atoms with Gasteiger partial charge >= 0.3 is 0 Å². The van der Waals surface area contributed by atoms with Crippen molar-refractivity contribution in [3.8, 4) is 0 Å². The van der Waals surface area contributed by atoms with Gasteiger partial charge in [-0.05, 0) is 64.6 Å². The fraction of sp³-hybridized carbons (Fsp3) is 0.667. The van der Waals surface area contributed by atoms with Crippen molar-refractivity contribution in [2.75, 3.05) is 40.8 Å². The fourth-order valence-corrected chi connectivity index (χ4v) is 2.97. The lowest BCUT2D eigenvalue weighted by molar-refractivity contribution is 0.292. The van der Waals surface area contributed by atoms with Crippen LogP contribution in [0.15, 0.2) is 29.3 Å². The molecule has 0 bridgehead atoms. The molecule has 0 saturated carbocycles. The molecule has 0 fully saturated rings. The molecule has 2 N–H and O–H groups in total. The van der Waals surface area contributed by atoms with E-state index >= 15 is 0 Å². The lowest BCUT2D eigenvalue weighted by atomic mass is 10.1. The Morgan fingerprint density at radius 1 is 1.07 bits per heavy atom. The van der Waals surface area contributed by atoms with Crippen LogP contribution in [0, 0.1) is 0 Å². The summed E-state index contributed by atoms with van der Waals surface area (Å²) in [7, 11) is 6.01. The van der Waals surface area contributed by atoms with E-state index in [4.69, 9.17) is 0 Å². The summed E-state index contributed by atoms with van der Waals surface area (Å²) in [5.41, 5.74) is 2.60. The largest absolute Gasteiger partial charge is 0.354 e. The Labute approximate surface area is 184 Å². The Hall–Kier alpha value is -0.860. The van der Waals surface area contributed by atoms with Crippen LogP contribution < -0.4 is 10.6 Å². The molecule has 0 saturated heterocycles. The number of hydrogen-bond donors (Lipinski definition) is 2. The van der Waals surface area contributed by atoms with E-state index in [9.17, 15) is 0 Å². The van der Waals surface area contributed by atoms with Crippen LogP contribution in [0.25, 0.3) is 0 Å². The fourth-order valence-electron chi connectivity index (χ4n) is 2.97. The van der Waals surface area contributed by atoms with Crippen LogP contribution in [-0.4, -0.2) is 62.6 Å². The van der Waals surface area contributed by atoms with E-state index in [1.165, 1.54) is 24.1 Å². The quantitative estimate of drug-likeness (QED) is 0.284. The number of guanidine groups is 1. The first kappa shape index (κ1) is 26.1. The maximum atomic E-state index is 4.35. The molecule has 0 aromatic heterocycles. The summed E-state index contributed by atoms with van der Waals surface area (Å²) >= 11 is 0. The third kappa shape index (κ3) is 11.5. The van der Waals surface area contributed by atoms with Crippen LogP contribution >= 0.6 is 24.0 Å². The van der Waals surface area contributed by atoms with Crippen molar-refractivity contribution in [2.45, 2.75) is 52.7 Å². The van der Waals surface area contributed by atoms with Crippen LogP contribution in [0.1, 0.15) is 44.7 Å². The predicted octanol–water partition coefficient (Wildman–Crippen LogP) is 3.54. The minimum absolute atomic E-state index is 0. The minimum Gasteiger partial charge on any atom is -0.354 e. The van der Waals surface area contributed by atoms with E-state index in [0.29, 0.717) is 6.04 Å². The van der Waals surface area contributed by atoms with Gasteiger partial charge in [-0.1, -0.05) is 38.1 Å². The van der Waals surface area contributed by atoms with Gasteiger partial charge in [-0.2, -0.15) is 0 Å². The molecule has 0 radical (unpaired) electrons. The third-order valence-corrected chi connectivity index (χ3v) is 4.59. The van der Waals surface area contributed by atoms with Crippen LogP contribution in [0.4, 0.5) is 0 Å². The third-order valence-electron chi connectivity index (χ3n) is 4.59. The van der Waals surface area contributed by atoms with E-state index in [1.807, 2.05) is 7.05 Å². The molecule has 27 heavy (non-hydrogen) atoms. The second kappa shape index (κ2) is 15.1. The molecule has 6 heteroatoms. The lowest BCUT2D eigenvalue weighted by Crippen LogP contribution is -2.42. The zero-order chi connectivity index (χ0) is 19.4. The Bertz CT molecular complexity index is 512. The number of rotatable bonds is 11. The van der Waals surface area contributed by atoms with Crippen molar-refractivity contribution < 1.29 is 0 Å². The number of nitrogens with zero attached hydrogens (tertiary/aromatic N) is 3. The molecule has 1 rings (SSSR count). The van der Waals surface area contributed by atoms with Gasteiger partial charge in [0, 0.05) is 26.2 Å². The molecule has 0 spiro atoms. The van der Waals surface area contributed by atoms with Gasteiger partial charge in [0.1, 0.15) is 0 Å². The van der Waals surface area contributed by atoms with Gasteiger partial charge in [0.05, 0.1) is 0 Å². The molecule has 0 aliphatic heterocycles. The van der Waals surface area contributed by atoms with Crippen molar-refractivity contribution in [1.82, 2.24) is 20.4 Å². The van der Waals surface area contributed by atoms with Gasteiger partial charge in [-0.15, -0.1) is 24.0 Å². The highest BCUT2D eigenvalue weighted by molar-refractivity contribution is 14.0.